The summed E-state index contributed by atoms with van der Waals surface area (Å²) in [5.41, 5.74) is 0. The number of rotatable bonds is 5. The number of carbonyl (C=O) groups is 1. The van der Waals surface area contributed by atoms with Crippen molar-refractivity contribution in [1.29, 1.82) is 0 Å². The van der Waals surface area contributed by atoms with Gasteiger partial charge in [0.2, 0.25) is 5.91 Å². The third kappa shape index (κ3) is 3.95. The van der Waals surface area contributed by atoms with E-state index in [1.807, 2.05) is 0 Å². The number of nitrogens with one attached hydrogen (secondary N) is 1. The summed E-state index contributed by atoms with van der Waals surface area (Å²) in [6.45, 7) is 9.39. The first-order valence-electron chi connectivity index (χ1n) is 8.49. The number of hydrogen-bond donors (Lipinski definition) is 1. The molecule has 1 N–H and O–H groups in total. The van der Waals surface area contributed by atoms with Gasteiger partial charge in [-0.3, -0.25) is 9.69 Å². The molecule has 0 aliphatic carbocycles. The minimum absolute atomic E-state index is 0.0558. The van der Waals surface area contributed by atoms with Gasteiger partial charge in [0.1, 0.15) is 0 Å². The molecule has 0 aromatic heterocycles. The first-order chi connectivity index (χ1) is 9.74. The minimum Gasteiger partial charge on any atom is -0.337 e. The van der Waals surface area contributed by atoms with Crippen LogP contribution in [0, 0.1) is 0 Å². The molecule has 2 saturated heterocycles. The summed E-state index contributed by atoms with van der Waals surface area (Å²) in [5, 5.41) is 3.39. The number of carbonyl (C=O) groups excluding carboxylic acids is 1. The maximum atomic E-state index is 12.9. The summed E-state index contributed by atoms with van der Waals surface area (Å²) >= 11 is 0. The van der Waals surface area contributed by atoms with Crippen molar-refractivity contribution in [2.45, 2.75) is 64.5 Å². The van der Waals surface area contributed by atoms with Crippen molar-refractivity contribution in [3.8, 4) is 0 Å². The van der Waals surface area contributed by atoms with Crippen molar-refractivity contribution >= 4 is 5.91 Å². The Hall–Kier alpha value is -0.610. The molecular formula is C16H31N3O. The molecule has 2 heterocycles. The van der Waals surface area contributed by atoms with E-state index in [-0.39, 0.29) is 6.04 Å². The second-order valence-electron chi connectivity index (χ2n) is 6.30. The van der Waals surface area contributed by atoms with Crippen LogP contribution in [0.4, 0.5) is 0 Å². The van der Waals surface area contributed by atoms with Crippen molar-refractivity contribution in [3.05, 3.63) is 0 Å². The average Bonchev–Trinajstić information content (AvgIpc) is 2.85. The van der Waals surface area contributed by atoms with Gasteiger partial charge in [0.05, 0.1) is 6.04 Å². The number of likely N-dealkylation sites (tertiary alicyclic amines) is 1. The van der Waals surface area contributed by atoms with E-state index in [1.54, 1.807) is 0 Å². The highest BCUT2D eigenvalue weighted by Gasteiger charge is 2.31. The first-order valence-corrected chi connectivity index (χ1v) is 8.49. The van der Waals surface area contributed by atoms with E-state index in [0.717, 1.165) is 45.6 Å². The van der Waals surface area contributed by atoms with Crippen molar-refractivity contribution in [1.82, 2.24) is 15.1 Å². The van der Waals surface area contributed by atoms with Gasteiger partial charge in [-0.2, -0.15) is 0 Å². The van der Waals surface area contributed by atoms with Crippen LogP contribution in [-0.4, -0.2) is 60.5 Å². The lowest BCUT2D eigenvalue weighted by molar-refractivity contribution is -0.138. The van der Waals surface area contributed by atoms with Gasteiger partial charge in [-0.1, -0.05) is 19.8 Å². The molecule has 2 atom stereocenters. The van der Waals surface area contributed by atoms with Gasteiger partial charge in [-0.15, -0.1) is 0 Å². The topological polar surface area (TPSA) is 35.6 Å². The van der Waals surface area contributed by atoms with Crippen molar-refractivity contribution in [2.75, 3.05) is 32.7 Å². The van der Waals surface area contributed by atoms with Crippen molar-refractivity contribution < 1.29 is 4.79 Å². The zero-order valence-corrected chi connectivity index (χ0v) is 13.2. The van der Waals surface area contributed by atoms with E-state index < -0.39 is 0 Å². The van der Waals surface area contributed by atoms with E-state index in [0.29, 0.717) is 11.9 Å². The molecule has 2 aliphatic heterocycles. The number of amides is 1. The molecule has 116 valence electrons. The number of nitrogens with zero attached hydrogens (tertiary/aromatic N) is 2. The molecule has 0 radical (unpaired) electrons. The molecule has 4 nitrogen and oxygen atoms in total. The third-order valence-electron chi connectivity index (χ3n) is 4.77. The lowest BCUT2D eigenvalue weighted by Crippen LogP contribution is -2.51. The van der Waals surface area contributed by atoms with E-state index in [2.05, 4.69) is 29.0 Å². The molecule has 2 aliphatic rings. The Labute approximate surface area is 123 Å². The average molecular weight is 281 g/mol. The molecule has 4 heteroatoms. The summed E-state index contributed by atoms with van der Waals surface area (Å²) in [6, 6.07) is 0.470. The molecule has 0 spiro atoms. The maximum Gasteiger partial charge on any atom is 0.239 e. The maximum absolute atomic E-state index is 12.9. The van der Waals surface area contributed by atoms with Gasteiger partial charge in [0.15, 0.2) is 0 Å². The van der Waals surface area contributed by atoms with Gasteiger partial charge in [-0.25, -0.2) is 0 Å². The van der Waals surface area contributed by atoms with Crippen LogP contribution < -0.4 is 5.32 Å². The Balaban J connectivity index is 1.97. The fourth-order valence-electron chi connectivity index (χ4n) is 3.50. The van der Waals surface area contributed by atoms with Crippen LogP contribution in [0.25, 0.3) is 0 Å². The van der Waals surface area contributed by atoms with Crippen LogP contribution in [0.2, 0.25) is 0 Å². The van der Waals surface area contributed by atoms with Gasteiger partial charge in [0.25, 0.3) is 0 Å². The van der Waals surface area contributed by atoms with Crippen LogP contribution in [0.15, 0.2) is 0 Å². The van der Waals surface area contributed by atoms with Crippen molar-refractivity contribution in [3.63, 3.8) is 0 Å². The molecule has 0 aromatic carbocycles. The highest BCUT2D eigenvalue weighted by molar-refractivity contribution is 5.81. The van der Waals surface area contributed by atoms with Crippen LogP contribution in [0.3, 0.4) is 0 Å². The number of hydrogen-bond acceptors (Lipinski definition) is 3. The molecule has 0 bridgehead atoms. The lowest BCUT2D eigenvalue weighted by Gasteiger charge is -2.35. The molecule has 2 fully saturated rings. The van der Waals surface area contributed by atoms with Crippen LogP contribution >= 0.6 is 0 Å². The molecule has 0 saturated carbocycles. The quantitative estimate of drug-likeness (QED) is 0.835. The zero-order chi connectivity index (χ0) is 14.4. The third-order valence-corrected chi connectivity index (χ3v) is 4.77. The molecule has 0 aromatic rings. The Morgan fingerprint density at radius 3 is 2.55 bits per heavy atom. The summed E-state index contributed by atoms with van der Waals surface area (Å²) in [5.74, 6) is 0.349. The van der Waals surface area contributed by atoms with Crippen molar-refractivity contribution in [2.24, 2.45) is 0 Å². The van der Waals surface area contributed by atoms with E-state index in [9.17, 15) is 4.79 Å². The van der Waals surface area contributed by atoms with Gasteiger partial charge in [-0.05, 0) is 52.2 Å². The van der Waals surface area contributed by atoms with Gasteiger partial charge >= 0.3 is 0 Å². The van der Waals surface area contributed by atoms with Crippen LogP contribution in [-0.2, 0) is 4.79 Å². The molecule has 1 amide bonds. The molecule has 2 rings (SSSR count). The van der Waals surface area contributed by atoms with E-state index in [4.69, 9.17) is 0 Å². The molecule has 2 unspecified atom stereocenters. The summed E-state index contributed by atoms with van der Waals surface area (Å²) in [4.78, 5) is 17.4. The van der Waals surface area contributed by atoms with E-state index in [1.165, 1.54) is 25.7 Å². The predicted octanol–water partition coefficient (Wildman–Crippen LogP) is 1.85. The summed E-state index contributed by atoms with van der Waals surface area (Å²) in [6.07, 6.45) is 7.30. The van der Waals surface area contributed by atoms with Crippen LogP contribution in [0.5, 0.6) is 0 Å². The normalized spacial score (nSPS) is 26.2. The Morgan fingerprint density at radius 2 is 2.00 bits per heavy atom. The predicted molar refractivity (Wildman–Crippen MR) is 82.8 cm³/mol. The fourth-order valence-corrected chi connectivity index (χ4v) is 3.50. The van der Waals surface area contributed by atoms with E-state index >= 15 is 0 Å². The SMILES string of the molecule is CCCN(C(=O)C(C)N1CCCCCC1)C1CCNC1. The minimum atomic E-state index is 0.0558. The largest absolute Gasteiger partial charge is 0.337 e. The zero-order valence-electron chi connectivity index (χ0n) is 13.2. The first kappa shape index (κ1) is 15.8. The Bertz CT molecular complexity index is 294. The van der Waals surface area contributed by atoms with Crippen LogP contribution in [0.1, 0.15) is 52.4 Å². The Kier molecular flexibility index (Phi) is 6.30. The highest BCUT2D eigenvalue weighted by atomic mass is 16.2. The lowest BCUT2D eigenvalue weighted by atomic mass is 10.1. The second-order valence-corrected chi connectivity index (χ2v) is 6.30. The monoisotopic (exact) mass is 281 g/mol. The second kappa shape index (κ2) is 7.99. The Morgan fingerprint density at radius 1 is 1.30 bits per heavy atom. The van der Waals surface area contributed by atoms with Gasteiger partial charge < -0.3 is 10.2 Å². The highest BCUT2D eigenvalue weighted by Crippen LogP contribution is 2.17. The molecule has 20 heavy (non-hydrogen) atoms. The smallest absolute Gasteiger partial charge is 0.239 e. The standard InChI is InChI=1S/C16H31N3O/c1-3-10-19(15-8-9-17-13-15)16(20)14(2)18-11-6-4-5-7-12-18/h14-15,17H,3-13H2,1-2H3. The summed E-state index contributed by atoms with van der Waals surface area (Å²) < 4.78 is 0. The summed E-state index contributed by atoms with van der Waals surface area (Å²) in [7, 11) is 0. The molecular weight excluding hydrogens is 250 g/mol. The fraction of sp³-hybridized carbons (Fsp3) is 0.938. The van der Waals surface area contributed by atoms with Gasteiger partial charge in [0, 0.05) is 19.1 Å².